The van der Waals surface area contributed by atoms with Crippen LogP contribution in [0.15, 0.2) is 9.59 Å². The van der Waals surface area contributed by atoms with Gasteiger partial charge in [0.15, 0.2) is 11.5 Å². The van der Waals surface area contributed by atoms with E-state index in [0.717, 1.165) is 4.90 Å². The van der Waals surface area contributed by atoms with E-state index in [0.29, 0.717) is 12.0 Å². The first-order valence-corrected chi connectivity index (χ1v) is 10.3. The summed E-state index contributed by atoms with van der Waals surface area (Å²) in [6.07, 6.45) is 0.202. The molecule has 0 saturated carbocycles. The van der Waals surface area contributed by atoms with Gasteiger partial charge in [0.1, 0.15) is 5.82 Å². The van der Waals surface area contributed by atoms with Crippen molar-refractivity contribution < 1.29 is 23.9 Å². The first kappa shape index (κ1) is 25.6. The van der Waals surface area contributed by atoms with Crippen LogP contribution in [0.3, 0.4) is 0 Å². The smallest absolute Gasteiger partial charge is 0.339 e. The first-order valence-electron chi connectivity index (χ1n) is 10.3. The number of ether oxygens (including phenoxy) is 2. The van der Waals surface area contributed by atoms with Crippen LogP contribution in [-0.4, -0.2) is 59.6 Å². The van der Waals surface area contributed by atoms with Crippen LogP contribution in [0, 0.1) is 6.92 Å². The zero-order chi connectivity index (χ0) is 24.9. The molecule has 2 heterocycles. The normalized spacial score (nSPS) is 10.8. The van der Waals surface area contributed by atoms with Crippen molar-refractivity contribution in [2.75, 3.05) is 38.0 Å². The maximum absolute atomic E-state index is 13.3. The van der Waals surface area contributed by atoms with Gasteiger partial charge in [-0.05, 0) is 18.9 Å². The molecule has 33 heavy (non-hydrogen) atoms. The number of nitrogens with one attached hydrogen (secondary N) is 2. The molecule has 0 atom stereocenters. The maximum atomic E-state index is 13.3. The molecule has 0 unspecified atom stereocenters. The number of nitrogen functional groups attached to an aromatic ring is 1. The molecular formula is C21H29N5O7. The highest BCUT2D eigenvalue weighted by Crippen LogP contribution is 2.23. The summed E-state index contributed by atoms with van der Waals surface area (Å²) in [4.78, 5) is 68.6. The number of carbonyl (C=O) groups is 3. The van der Waals surface area contributed by atoms with E-state index < -0.39 is 23.1 Å². The maximum Gasteiger partial charge on any atom is 0.339 e. The van der Waals surface area contributed by atoms with Gasteiger partial charge in [0.05, 0.1) is 31.4 Å². The minimum Gasteiger partial charge on any atom is -0.465 e. The molecule has 12 heteroatoms. The highest BCUT2D eigenvalue weighted by molar-refractivity contribution is 6.03. The van der Waals surface area contributed by atoms with Crippen LogP contribution in [0.1, 0.15) is 52.4 Å². The summed E-state index contributed by atoms with van der Waals surface area (Å²) in [6.45, 7) is 5.00. The number of aromatic amines is 2. The number of nitrogens with zero attached hydrogens (tertiary/aromatic N) is 2. The quantitative estimate of drug-likeness (QED) is 0.335. The van der Waals surface area contributed by atoms with E-state index in [-0.39, 0.29) is 60.4 Å². The molecule has 0 bridgehead atoms. The fourth-order valence-corrected chi connectivity index (χ4v) is 3.60. The second-order valence-corrected chi connectivity index (χ2v) is 7.39. The Morgan fingerprint density at radius 2 is 1.82 bits per heavy atom. The molecule has 0 fully saturated rings. The van der Waals surface area contributed by atoms with Crippen LogP contribution < -0.4 is 21.9 Å². The van der Waals surface area contributed by atoms with E-state index in [1.165, 1.54) is 25.7 Å². The average Bonchev–Trinajstić information content (AvgIpc) is 3.08. The summed E-state index contributed by atoms with van der Waals surface area (Å²) >= 11 is 0. The van der Waals surface area contributed by atoms with Crippen LogP contribution in [0.4, 0.5) is 11.5 Å². The van der Waals surface area contributed by atoms with E-state index in [2.05, 4.69) is 9.97 Å². The molecule has 2 aromatic rings. The van der Waals surface area contributed by atoms with Crippen molar-refractivity contribution >= 4 is 29.2 Å². The van der Waals surface area contributed by atoms with Crippen molar-refractivity contribution in [2.45, 2.75) is 40.2 Å². The number of carbonyl (C=O) groups excluding carboxylic acids is 3. The Hall–Kier alpha value is -3.67. The summed E-state index contributed by atoms with van der Waals surface area (Å²) < 4.78 is 11.1. The Balaban J connectivity index is 2.60. The molecule has 0 spiro atoms. The molecule has 4 N–H and O–H groups in total. The molecule has 0 aliphatic carbocycles. The predicted molar refractivity (Wildman–Crippen MR) is 121 cm³/mol. The monoisotopic (exact) mass is 463 g/mol. The number of Topliss-reactive ketones (excluding diaryl/α,β-unsaturated/α-hetero) is 1. The molecule has 180 valence electrons. The van der Waals surface area contributed by atoms with Gasteiger partial charge in [0.25, 0.3) is 5.56 Å². The van der Waals surface area contributed by atoms with E-state index in [1.54, 1.807) is 6.92 Å². The zero-order valence-electron chi connectivity index (χ0n) is 19.4. The Morgan fingerprint density at radius 3 is 2.36 bits per heavy atom. The number of hydrogen-bond acceptors (Lipinski definition) is 8. The van der Waals surface area contributed by atoms with E-state index in [9.17, 15) is 24.0 Å². The lowest BCUT2D eigenvalue weighted by Crippen LogP contribution is -2.43. The lowest BCUT2D eigenvalue weighted by Gasteiger charge is -2.24. The lowest BCUT2D eigenvalue weighted by atomic mass is 10.1. The fraction of sp³-hybridized carbons (Fsp3) is 0.476. The molecule has 0 radical (unpaired) electrons. The van der Waals surface area contributed by atoms with E-state index in [1.807, 2.05) is 6.92 Å². The summed E-state index contributed by atoms with van der Waals surface area (Å²) in [6, 6.07) is 0. The zero-order valence-corrected chi connectivity index (χ0v) is 19.4. The highest BCUT2D eigenvalue weighted by Gasteiger charge is 2.28. The molecule has 2 rings (SSSR count). The van der Waals surface area contributed by atoms with Gasteiger partial charge in [-0.1, -0.05) is 6.92 Å². The predicted octanol–water partition coefficient (Wildman–Crippen LogP) is 0.377. The minimum atomic E-state index is -0.824. The van der Waals surface area contributed by atoms with Gasteiger partial charge in [-0.15, -0.1) is 0 Å². The van der Waals surface area contributed by atoms with Crippen LogP contribution in [0.2, 0.25) is 0 Å². The number of H-pyrrole nitrogens is 2. The summed E-state index contributed by atoms with van der Waals surface area (Å²) in [5.74, 6) is -1.79. The van der Waals surface area contributed by atoms with Crippen molar-refractivity contribution in [2.24, 2.45) is 0 Å². The number of nitrogens with two attached hydrogens (primary N) is 1. The Kier molecular flexibility index (Phi) is 8.35. The van der Waals surface area contributed by atoms with Crippen molar-refractivity contribution in [1.82, 2.24) is 14.5 Å². The standard InChI is InChI=1S/C21H29N5O7/c1-6-7-26-18(22)17(19(29)24-21(26)31)25(8-9-32-4)14(28)10-13-15(20(30)33-5)11(2)16(23-13)12(3)27/h23H,6-10,22H2,1-5H3,(H,24,29,31). The molecular weight excluding hydrogens is 434 g/mol. The molecule has 0 aliphatic rings. The van der Waals surface area contributed by atoms with Crippen molar-refractivity contribution in [3.63, 3.8) is 0 Å². The van der Waals surface area contributed by atoms with Crippen LogP contribution in [-0.2, 0) is 27.2 Å². The summed E-state index contributed by atoms with van der Waals surface area (Å²) in [5.41, 5.74) is 5.19. The van der Waals surface area contributed by atoms with Gasteiger partial charge in [0, 0.05) is 32.8 Å². The van der Waals surface area contributed by atoms with Crippen LogP contribution in [0.25, 0.3) is 0 Å². The van der Waals surface area contributed by atoms with Gasteiger partial charge in [-0.2, -0.15) is 0 Å². The molecule has 0 saturated heterocycles. The fourth-order valence-electron chi connectivity index (χ4n) is 3.60. The van der Waals surface area contributed by atoms with Gasteiger partial charge in [-0.25, -0.2) is 9.59 Å². The van der Waals surface area contributed by atoms with Crippen molar-refractivity contribution in [1.29, 1.82) is 0 Å². The SMILES string of the molecule is CCCn1c(N)c(N(CCOC)C(=O)Cc2[nH]c(C(C)=O)c(C)c2C(=O)OC)c(=O)[nH]c1=O. The molecule has 1 amide bonds. The molecule has 0 aliphatic heterocycles. The Labute approximate surface area is 189 Å². The van der Waals surface area contributed by atoms with Crippen molar-refractivity contribution in [3.05, 3.63) is 43.4 Å². The second-order valence-electron chi connectivity index (χ2n) is 7.39. The lowest BCUT2D eigenvalue weighted by molar-refractivity contribution is -0.118. The van der Waals surface area contributed by atoms with Gasteiger partial charge >= 0.3 is 11.7 Å². The van der Waals surface area contributed by atoms with Gasteiger partial charge < -0.3 is 25.1 Å². The molecule has 0 aromatic carbocycles. The van der Waals surface area contributed by atoms with E-state index in [4.69, 9.17) is 15.2 Å². The molecule has 2 aromatic heterocycles. The van der Waals surface area contributed by atoms with Gasteiger partial charge in [-0.3, -0.25) is 23.9 Å². The number of methoxy groups -OCH3 is 2. The Bertz CT molecular complexity index is 1170. The van der Waals surface area contributed by atoms with Gasteiger partial charge in [0.2, 0.25) is 5.91 Å². The second kappa shape index (κ2) is 10.8. The highest BCUT2D eigenvalue weighted by atomic mass is 16.5. The minimum absolute atomic E-state index is 0.0419. The topological polar surface area (TPSA) is 170 Å². The first-order chi connectivity index (χ1) is 15.6. The number of rotatable bonds is 10. The number of ketones is 1. The van der Waals surface area contributed by atoms with Crippen LogP contribution in [0.5, 0.6) is 0 Å². The number of esters is 1. The Morgan fingerprint density at radius 1 is 1.15 bits per heavy atom. The van der Waals surface area contributed by atoms with Crippen molar-refractivity contribution in [3.8, 4) is 0 Å². The number of hydrogen-bond donors (Lipinski definition) is 3. The third-order valence-electron chi connectivity index (χ3n) is 5.15. The number of amides is 1. The summed E-state index contributed by atoms with van der Waals surface area (Å²) in [5, 5.41) is 0. The van der Waals surface area contributed by atoms with Crippen LogP contribution >= 0.6 is 0 Å². The average molecular weight is 463 g/mol. The number of aromatic nitrogens is 3. The number of anilines is 2. The third-order valence-corrected chi connectivity index (χ3v) is 5.15. The largest absolute Gasteiger partial charge is 0.465 e. The summed E-state index contributed by atoms with van der Waals surface area (Å²) in [7, 11) is 2.62. The third kappa shape index (κ3) is 5.22. The van der Waals surface area contributed by atoms with E-state index >= 15 is 0 Å². The molecule has 12 nitrogen and oxygen atoms in total.